The quantitative estimate of drug-likeness (QED) is 0.321. The van der Waals surface area contributed by atoms with Gasteiger partial charge >= 0.3 is 5.56 Å². The minimum absolute atomic E-state index is 0.0291. The lowest BCUT2D eigenvalue weighted by atomic mass is 9.53. The van der Waals surface area contributed by atoms with Gasteiger partial charge in [-0.2, -0.15) is 4.57 Å². The Morgan fingerprint density at radius 3 is 2.52 bits per heavy atom. The van der Waals surface area contributed by atoms with Crippen LogP contribution in [0.1, 0.15) is 22.6 Å². The molecule has 7 aliphatic carbocycles. The van der Waals surface area contributed by atoms with Crippen molar-refractivity contribution in [3.05, 3.63) is 164 Å². The summed E-state index contributed by atoms with van der Waals surface area (Å²) in [5.74, 6) is 1.57. The second-order valence-electron chi connectivity index (χ2n) is 14.8. The number of benzene rings is 2. The Labute approximate surface area is 286 Å². The Bertz CT molecular complexity index is 2780. The van der Waals surface area contributed by atoms with Crippen LogP contribution in [-0.4, -0.2) is 22.0 Å². The molecule has 1 saturated heterocycles. The van der Waals surface area contributed by atoms with Crippen LogP contribution in [0, 0.1) is 29.6 Å². The Kier molecular flexibility index (Phi) is 4.40. The fourth-order valence-electron chi connectivity index (χ4n) is 10.8. The van der Waals surface area contributed by atoms with Crippen molar-refractivity contribution in [3.63, 3.8) is 0 Å². The number of piperidine rings is 1. The van der Waals surface area contributed by atoms with E-state index in [1.807, 2.05) is 21.6 Å². The zero-order valence-corrected chi connectivity index (χ0v) is 26.7. The van der Waals surface area contributed by atoms with Crippen molar-refractivity contribution < 1.29 is 9.79 Å². The predicted octanol–water partition coefficient (Wildman–Crippen LogP) is 6.13. The molecule has 3 aliphatic heterocycles. The Morgan fingerprint density at radius 1 is 0.760 bits per heavy atom. The van der Waals surface area contributed by atoms with Crippen molar-refractivity contribution in [2.75, 3.05) is 4.90 Å². The molecule has 1 fully saturated rings. The molecule has 4 heterocycles. The molecule has 0 spiro atoms. The number of rotatable bonds is 0. The molecule has 3 aromatic rings. The molecule has 6 nitrogen and oxygen atoms in total. The maximum absolute atomic E-state index is 14.6. The van der Waals surface area contributed by atoms with Gasteiger partial charge < -0.3 is 0 Å². The van der Waals surface area contributed by atoms with Crippen LogP contribution in [0.4, 0.5) is 17.2 Å². The number of nitrogens with zero attached hydrogens (tertiary/aromatic N) is 3. The first-order chi connectivity index (χ1) is 24.7. The lowest BCUT2D eigenvalue weighted by Gasteiger charge is -2.51. The number of aliphatic imine (C=N–C) groups is 1. The van der Waals surface area contributed by atoms with Gasteiger partial charge in [0, 0.05) is 34.6 Å². The SMILES string of the molecule is O=C1C2C=CC3=C4C(=CC=C(C5=Nc6cccc7cccc(c67)N15)C42)C1C=Cc2c4c(c(=O)n5c2[NH+]=C2C=CC=C6C=CC=C5C62)C=CC3C41. The number of pyridine rings is 1. The summed E-state index contributed by atoms with van der Waals surface area (Å²) in [6.07, 6.45) is 30.5. The maximum Gasteiger partial charge on any atom is 0.346 e. The average Bonchev–Trinajstić information content (AvgIpc) is 3.15. The van der Waals surface area contributed by atoms with Crippen molar-refractivity contribution in [2.45, 2.75) is 5.92 Å². The number of carbonyl (C=O) groups is 1. The summed E-state index contributed by atoms with van der Waals surface area (Å²) in [6.45, 7) is 0. The highest BCUT2D eigenvalue weighted by atomic mass is 16.2. The van der Waals surface area contributed by atoms with E-state index < -0.39 is 0 Å². The summed E-state index contributed by atoms with van der Waals surface area (Å²) in [7, 11) is 0. The summed E-state index contributed by atoms with van der Waals surface area (Å²) < 4.78 is 1.92. The summed E-state index contributed by atoms with van der Waals surface area (Å²) >= 11 is 0. The first-order valence-corrected chi connectivity index (χ1v) is 17.5. The van der Waals surface area contributed by atoms with Gasteiger partial charge in [-0.3, -0.25) is 9.69 Å². The molecule has 13 rings (SSSR count). The number of anilines is 1. The Balaban J connectivity index is 1.02. The molecule has 6 heteroatoms. The zero-order valence-electron chi connectivity index (χ0n) is 26.7. The van der Waals surface area contributed by atoms with E-state index in [9.17, 15) is 9.59 Å². The summed E-state index contributed by atoms with van der Waals surface area (Å²) in [6, 6.07) is 12.4. The minimum Gasteiger partial charge on any atom is -0.273 e. The van der Waals surface area contributed by atoms with Crippen LogP contribution in [0.15, 0.2) is 147 Å². The molecule has 234 valence electrons. The number of hydrogen-bond acceptors (Lipinski definition) is 3. The lowest BCUT2D eigenvalue weighted by Crippen LogP contribution is -2.73. The maximum atomic E-state index is 14.6. The van der Waals surface area contributed by atoms with Gasteiger partial charge in [0.1, 0.15) is 23.2 Å². The second-order valence-corrected chi connectivity index (χ2v) is 14.8. The van der Waals surface area contributed by atoms with Crippen LogP contribution < -0.4 is 15.5 Å². The van der Waals surface area contributed by atoms with Crippen molar-refractivity contribution in [1.29, 1.82) is 0 Å². The van der Waals surface area contributed by atoms with Crippen molar-refractivity contribution in [3.8, 4) is 0 Å². The van der Waals surface area contributed by atoms with E-state index in [0.717, 1.165) is 67.5 Å². The van der Waals surface area contributed by atoms with E-state index in [-0.39, 0.29) is 47.0 Å². The fourth-order valence-corrected chi connectivity index (χ4v) is 10.8. The van der Waals surface area contributed by atoms with Gasteiger partial charge in [-0.1, -0.05) is 91.1 Å². The molecule has 10 aliphatic rings. The lowest BCUT2D eigenvalue weighted by molar-refractivity contribution is -0.365. The number of amides is 1. The van der Waals surface area contributed by atoms with Crippen LogP contribution in [0.3, 0.4) is 0 Å². The van der Waals surface area contributed by atoms with Crippen molar-refractivity contribution in [2.24, 2.45) is 34.6 Å². The number of amidine groups is 1. The van der Waals surface area contributed by atoms with Gasteiger partial charge in [0.25, 0.3) is 5.82 Å². The first kappa shape index (κ1) is 25.8. The van der Waals surface area contributed by atoms with Crippen LogP contribution >= 0.6 is 0 Å². The van der Waals surface area contributed by atoms with E-state index in [2.05, 4.69) is 114 Å². The molecular weight excluding hydrogens is 617 g/mol. The van der Waals surface area contributed by atoms with Gasteiger partial charge in [0.05, 0.1) is 28.4 Å². The molecule has 0 saturated carbocycles. The van der Waals surface area contributed by atoms with Gasteiger partial charge in [-0.05, 0) is 63.6 Å². The monoisotopic (exact) mass is 643 g/mol. The number of nitrogens with one attached hydrogen (secondary N) is 1. The van der Waals surface area contributed by atoms with E-state index in [1.165, 1.54) is 22.3 Å². The molecule has 1 aromatic heterocycles. The van der Waals surface area contributed by atoms with E-state index in [1.54, 1.807) is 0 Å². The number of aromatic nitrogens is 1. The summed E-state index contributed by atoms with van der Waals surface area (Å²) in [5, 5.41) is 2.12. The molecule has 0 radical (unpaired) electrons. The number of hydrogen-bond donors (Lipinski definition) is 1. The second kappa shape index (κ2) is 8.52. The normalized spacial score (nSPS) is 29.9. The number of fused-ring (bicyclic) bond motifs is 8. The molecular formula is C44H27N4O2+. The van der Waals surface area contributed by atoms with Crippen LogP contribution in [-0.2, 0) is 4.79 Å². The molecule has 2 aromatic carbocycles. The topological polar surface area (TPSA) is 68.6 Å². The van der Waals surface area contributed by atoms with Gasteiger partial charge in [0.15, 0.2) is 0 Å². The highest BCUT2D eigenvalue weighted by molar-refractivity contribution is 6.33. The first-order valence-electron chi connectivity index (χ1n) is 17.5. The zero-order chi connectivity index (χ0) is 32.6. The van der Waals surface area contributed by atoms with Crippen LogP contribution in [0.25, 0.3) is 28.6 Å². The van der Waals surface area contributed by atoms with Crippen molar-refractivity contribution in [1.82, 2.24) is 4.57 Å². The average molecular weight is 644 g/mol. The molecule has 6 atom stereocenters. The standard InChI is InChI=1S/C44H26N4O2/c49-43-29-19-15-25-26-16-20-30-40-28(42-46-32-10-2-6-22-8-4-12-34(36(22)32)48(42)44(30)50)18-14-24(38(26)40)23-13-17-27(39(29)37(23)25)41-45-31-9-1-5-21-7-3-11-33(35(21)31)47(41)43/h1-20,23,25,30,35,37,40H/p+1. The van der Waals surface area contributed by atoms with Gasteiger partial charge in [-0.15, -0.1) is 0 Å². The largest absolute Gasteiger partial charge is 0.346 e. The molecule has 1 amide bonds. The van der Waals surface area contributed by atoms with E-state index in [0.29, 0.717) is 0 Å². The Hall–Kier alpha value is -6.14. The molecule has 50 heavy (non-hydrogen) atoms. The molecule has 6 unspecified atom stereocenters. The number of allylic oxidation sites excluding steroid dienone is 16. The van der Waals surface area contributed by atoms with Crippen LogP contribution in [0.5, 0.6) is 0 Å². The highest BCUT2D eigenvalue weighted by Crippen LogP contribution is 2.61. The number of carbonyl (C=O) groups excluding carboxylic acids is 1. The predicted molar refractivity (Wildman–Crippen MR) is 196 cm³/mol. The smallest absolute Gasteiger partial charge is 0.273 e. The van der Waals surface area contributed by atoms with E-state index in [4.69, 9.17) is 4.99 Å². The minimum atomic E-state index is -0.311. The Morgan fingerprint density at radius 2 is 1.58 bits per heavy atom. The molecule has 0 bridgehead atoms. The third kappa shape index (κ3) is 2.80. The van der Waals surface area contributed by atoms with Gasteiger partial charge in [-0.25, -0.2) is 14.8 Å². The van der Waals surface area contributed by atoms with E-state index >= 15 is 0 Å². The third-order valence-electron chi connectivity index (χ3n) is 12.7. The van der Waals surface area contributed by atoms with Crippen molar-refractivity contribution >= 4 is 63.3 Å². The highest BCUT2D eigenvalue weighted by Gasteiger charge is 2.55. The summed E-state index contributed by atoms with van der Waals surface area (Å²) in [4.78, 5) is 39.9. The van der Waals surface area contributed by atoms with Gasteiger partial charge in [0.2, 0.25) is 5.91 Å². The molecule has 1 N–H and O–H groups in total. The van der Waals surface area contributed by atoms with Crippen LogP contribution in [0.2, 0.25) is 0 Å². The summed E-state index contributed by atoms with van der Waals surface area (Å²) in [5.41, 5.74) is 13.1. The fraction of sp³-hybridized carbons (Fsp3) is 0.136. The third-order valence-corrected chi connectivity index (χ3v) is 12.7.